The minimum Gasteiger partial charge on any atom is -0.461 e. The van der Waals surface area contributed by atoms with Crippen molar-refractivity contribution in [3.63, 3.8) is 0 Å². The van der Waals surface area contributed by atoms with Crippen LogP contribution in [-0.2, 0) is 15.1 Å². The van der Waals surface area contributed by atoms with Gasteiger partial charge >= 0.3 is 0 Å². The zero-order valence-electron chi connectivity index (χ0n) is 18.7. The lowest BCUT2D eigenvalue weighted by atomic mass is 9.90. The summed E-state index contributed by atoms with van der Waals surface area (Å²) < 4.78 is 8.34. The van der Waals surface area contributed by atoms with Crippen molar-refractivity contribution < 1.29 is 14.0 Å². The molecule has 2 atom stereocenters. The van der Waals surface area contributed by atoms with Gasteiger partial charge < -0.3 is 20.8 Å². The van der Waals surface area contributed by atoms with Gasteiger partial charge in [0.05, 0.1) is 17.8 Å². The molecule has 6 rings (SSSR count). The standard InChI is InChI=1S/C23H21N9O3/c1-23(13-6-3-2-4-7-13,21(34)27-15-9-10-25-20(15)33)32-19-14(12-26-32)18-28-17(16-8-5-11-35-16)30-31(18)22(24)29-19/h2-8,11-12,15H,9-10H2,1H3,(H2,24,29)(H,25,33)(H,27,34). The van der Waals surface area contributed by atoms with Gasteiger partial charge in [-0.1, -0.05) is 30.3 Å². The summed E-state index contributed by atoms with van der Waals surface area (Å²) in [4.78, 5) is 35.0. The van der Waals surface area contributed by atoms with Crippen LogP contribution in [-0.4, -0.2) is 53.8 Å². The molecule has 1 fully saturated rings. The van der Waals surface area contributed by atoms with Crippen LogP contribution in [0.1, 0.15) is 18.9 Å². The second kappa shape index (κ2) is 7.65. The van der Waals surface area contributed by atoms with E-state index in [2.05, 4.69) is 30.8 Å². The summed E-state index contributed by atoms with van der Waals surface area (Å²) in [5.41, 5.74) is 6.36. The SMILES string of the molecule is CC(C(=O)NC1CCNC1=O)(c1ccccc1)n1ncc2c1nc(N)n1nc(-c3ccco3)nc21. The number of benzene rings is 1. The third-order valence-electron chi connectivity index (χ3n) is 6.33. The summed E-state index contributed by atoms with van der Waals surface area (Å²) in [6.07, 6.45) is 3.62. The molecule has 1 saturated heterocycles. The van der Waals surface area contributed by atoms with E-state index in [9.17, 15) is 9.59 Å². The average Bonchev–Trinajstić information content (AvgIpc) is 3.66. The molecule has 4 N–H and O–H groups in total. The monoisotopic (exact) mass is 471 g/mol. The molecule has 0 aliphatic carbocycles. The maximum Gasteiger partial charge on any atom is 0.253 e. The van der Waals surface area contributed by atoms with Crippen molar-refractivity contribution in [2.24, 2.45) is 0 Å². The van der Waals surface area contributed by atoms with Gasteiger partial charge in [0.1, 0.15) is 6.04 Å². The molecule has 1 aliphatic heterocycles. The van der Waals surface area contributed by atoms with Gasteiger partial charge in [-0.15, -0.1) is 5.10 Å². The predicted molar refractivity (Wildman–Crippen MR) is 125 cm³/mol. The molecular formula is C23H21N9O3. The van der Waals surface area contributed by atoms with E-state index in [1.54, 1.807) is 25.3 Å². The second-order valence-electron chi connectivity index (χ2n) is 8.46. The lowest BCUT2D eigenvalue weighted by Gasteiger charge is -2.30. The largest absolute Gasteiger partial charge is 0.461 e. The molecule has 12 heteroatoms. The number of furan rings is 1. The molecule has 4 aromatic heterocycles. The number of amides is 2. The van der Waals surface area contributed by atoms with Crippen molar-refractivity contribution in [2.45, 2.75) is 24.9 Å². The first kappa shape index (κ1) is 20.8. The summed E-state index contributed by atoms with van der Waals surface area (Å²) in [6.45, 7) is 2.24. The fourth-order valence-electron chi connectivity index (χ4n) is 4.39. The molecule has 176 valence electrons. The van der Waals surface area contributed by atoms with Gasteiger partial charge in [-0.2, -0.15) is 14.6 Å². The highest BCUT2D eigenvalue weighted by molar-refractivity contribution is 5.96. The maximum atomic E-state index is 13.8. The molecule has 1 aliphatic rings. The minimum absolute atomic E-state index is 0.0746. The van der Waals surface area contributed by atoms with Gasteiger partial charge in [0, 0.05) is 6.54 Å². The third kappa shape index (κ3) is 3.14. The number of nitrogens with one attached hydrogen (secondary N) is 2. The summed E-state index contributed by atoms with van der Waals surface area (Å²) in [5.74, 6) is 0.299. The molecule has 35 heavy (non-hydrogen) atoms. The predicted octanol–water partition coefficient (Wildman–Crippen LogP) is 1.08. The first-order chi connectivity index (χ1) is 17.0. The number of anilines is 1. The van der Waals surface area contributed by atoms with E-state index in [0.717, 1.165) is 0 Å². The van der Waals surface area contributed by atoms with Crippen LogP contribution in [0.3, 0.4) is 0 Å². The normalized spacial score (nSPS) is 17.5. The van der Waals surface area contributed by atoms with Crippen LogP contribution in [0.4, 0.5) is 5.95 Å². The van der Waals surface area contributed by atoms with Gasteiger partial charge in [0.25, 0.3) is 5.91 Å². The first-order valence-electron chi connectivity index (χ1n) is 11.1. The topological polar surface area (TPSA) is 158 Å². The zero-order valence-corrected chi connectivity index (χ0v) is 18.7. The number of carbonyl (C=O) groups is 2. The van der Waals surface area contributed by atoms with Gasteiger partial charge in [-0.25, -0.2) is 9.67 Å². The van der Waals surface area contributed by atoms with Crippen LogP contribution < -0.4 is 16.4 Å². The van der Waals surface area contributed by atoms with Crippen molar-refractivity contribution in [1.82, 2.24) is 40.0 Å². The number of nitrogens with two attached hydrogens (primary N) is 1. The summed E-state index contributed by atoms with van der Waals surface area (Å²) >= 11 is 0. The van der Waals surface area contributed by atoms with Crippen molar-refractivity contribution in [2.75, 3.05) is 12.3 Å². The second-order valence-corrected chi connectivity index (χ2v) is 8.46. The Hall–Kier alpha value is -4.74. The maximum absolute atomic E-state index is 13.8. The molecule has 5 heterocycles. The van der Waals surface area contributed by atoms with Crippen molar-refractivity contribution in [3.05, 3.63) is 60.5 Å². The van der Waals surface area contributed by atoms with Crippen LogP contribution in [0.5, 0.6) is 0 Å². The Bertz CT molecular complexity index is 1570. The molecular weight excluding hydrogens is 450 g/mol. The van der Waals surface area contributed by atoms with E-state index in [4.69, 9.17) is 10.2 Å². The smallest absolute Gasteiger partial charge is 0.253 e. The molecule has 2 amide bonds. The Labute approximate surface area is 198 Å². The Morgan fingerprint density at radius 3 is 2.74 bits per heavy atom. The number of hydrogen-bond donors (Lipinski definition) is 3. The molecule has 2 unspecified atom stereocenters. The number of nitrogens with zero attached hydrogens (tertiary/aromatic N) is 6. The van der Waals surface area contributed by atoms with Crippen molar-refractivity contribution in [3.8, 4) is 11.6 Å². The lowest BCUT2D eigenvalue weighted by Crippen LogP contribution is -2.52. The number of nitrogen functional groups attached to an aromatic ring is 1. The summed E-state index contributed by atoms with van der Waals surface area (Å²) in [5, 5.41) is 15.1. The van der Waals surface area contributed by atoms with Crippen LogP contribution >= 0.6 is 0 Å². The van der Waals surface area contributed by atoms with Gasteiger partial charge in [-0.05, 0) is 31.0 Å². The molecule has 1 aromatic carbocycles. The van der Waals surface area contributed by atoms with Gasteiger partial charge in [0.15, 0.2) is 22.6 Å². The minimum atomic E-state index is -1.34. The van der Waals surface area contributed by atoms with E-state index in [-0.39, 0.29) is 11.9 Å². The van der Waals surface area contributed by atoms with E-state index < -0.39 is 17.5 Å². The van der Waals surface area contributed by atoms with Crippen molar-refractivity contribution in [1.29, 1.82) is 0 Å². The molecule has 0 saturated carbocycles. The van der Waals surface area contributed by atoms with E-state index in [1.165, 1.54) is 15.5 Å². The highest BCUT2D eigenvalue weighted by Gasteiger charge is 2.42. The van der Waals surface area contributed by atoms with Crippen molar-refractivity contribution >= 4 is 34.4 Å². The number of aromatic nitrogens is 6. The quantitative estimate of drug-likeness (QED) is 0.344. The third-order valence-corrected chi connectivity index (χ3v) is 6.33. The number of fused-ring (bicyclic) bond motifs is 3. The Balaban J connectivity index is 1.53. The molecule has 5 aromatic rings. The van der Waals surface area contributed by atoms with Gasteiger partial charge in [-0.3, -0.25) is 9.59 Å². The van der Waals surface area contributed by atoms with Crippen LogP contribution in [0.15, 0.2) is 59.3 Å². The zero-order chi connectivity index (χ0) is 24.2. The first-order valence-corrected chi connectivity index (χ1v) is 11.1. The molecule has 0 spiro atoms. The Morgan fingerprint density at radius 1 is 1.20 bits per heavy atom. The van der Waals surface area contributed by atoms with Crippen LogP contribution in [0.2, 0.25) is 0 Å². The van der Waals surface area contributed by atoms with Gasteiger partial charge in [0.2, 0.25) is 17.7 Å². The number of rotatable bonds is 5. The van der Waals surface area contributed by atoms with Crippen LogP contribution in [0, 0.1) is 0 Å². The highest BCUT2D eigenvalue weighted by atomic mass is 16.3. The Morgan fingerprint density at radius 2 is 2.03 bits per heavy atom. The number of carbonyl (C=O) groups excluding carboxylic acids is 2. The van der Waals surface area contributed by atoms with E-state index >= 15 is 0 Å². The van der Waals surface area contributed by atoms with E-state index in [1.807, 2.05) is 30.3 Å². The average molecular weight is 471 g/mol. The fourth-order valence-corrected chi connectivity index (χ4v) is 4.39. The van der Waals surface area contributed by atoms with E-state index in [0.29, 0.717) is 46.8 Å². The molecule has 0 radical (unpaired) electrons. The highest BCUT2D eigenvalue weighted by Crippen LogP contribution is 2.32. The lowest BCUT2D eigenvalue weighted by molar-refractivity contribution is -0.131. The summed E-state index contributed by atoms with van der Waals surface area (Å²) in [7, 11) is 0. The Kier molecular flexibility index (Phi) is 4.56. The van der Waals surface area contributed by atoms with Crippen LogP contribution in [0.25, 0.3) is 28.3 Å². The molecule has 12 nitrogen and oxygen atoms in total. The number of hydrogen-bond acceptors (Lipinski definition) is 8. The molecule has 0 bridgehead atoms. The fraction of sp³-hybridized carbons (Fsp3) is 0.217. The summed E-state index contributed by atoms with van der Waals surface area (Å²) in [6, 6.07) is 12.1.